The van der Waals surface area contributed by atoms with Crippen LogP contribution >= 0.6 is 0 Å². The Hall–Kier alpha value is -1.88. The van der Waals surface area contributed by atoms with Crippen LogP contribution in [-0.4, -0.2) is 34.0 Å². The third-order valence-electron chi connectivity index (χ3n) is 3.03. The first-order valence-corrected chi connectivity index (χ1v) is 5.95. The maximum absolute atomic E-state index is 5.30. The molecular weight excluding hydrogens is 228 g/mol. The Kier molecular flexibility index (Phi) is 3.94. The van der Waals surface area contributed by atoms with Crippen molar-refractivity contribution in [2.75, 3.05) is 12.4 Å². The van der Waals surface area contributed by atoms with E-state index in [9.17, 15) is 0 Å². The molecular formula is C13H18N4O. The molecule has 1 N–H and O–H groups in total. The van der Waals surface area contributed by atoms with Gasteiger partial charge in [0.2, 0.25) is 0 Å². The predicted molar refractivity (Wildman–Crippen MR) is 70.9 cm³/mol. The number of ether oxygens (including phenoxy) is 1. The highest BCUT2D eigenvalue weighted by atomic mass is 16.5. The monoisotopic (exact) mass is 246 g/mol. The van der Waals surface area contributed by atoms with Gasteiger partial charge in [-0.25, -0.2) is 0 Å². The van der Waals surface area contributed by atoms with Gasteiger partial charge in [-0.1, -0.05) is 6.07 Å². The van der Waals surface area contributed by atoms with E-state index >= 15 is 0 Å². The predicted octanol–water partition coefficient (Wildman–Crippen LogP) is 2.10. The van der Waals surface area contributed by atoms with Crippen LogP contribution in [0.15, 0.2) is 36.9 Å². The highest BCUT2D eigenvalue weighted by Crippen LogP contribution is 2.16. The molecule has 0 radical (unpaired) electrons. The van der Waals surface area contributed by atoms with Crippen molar-refractivity contribution in [2.45, 2.75) is 26.0 Å². The molecule has 2 rings (SSSR count). The van der Waals surface area contributed by atoms with Crippen molar-refractivity contribution in [3.05, 3.63) is 36.9 Å². The summed E-state index contributed by atoms with van der Waals surface area (Å²) in [5.41, 5.74) is 2.08. The molecule has 0 bridgehead atoms. The zero-order chi connectivity index (χ0) is 13.0. The molecule has 0 aliphatic heterocycles. The molecule has 2 unspecified atom stereocenters. The van der Waals surface area contributed by atoms with Gasteiger partial charge in [0.25, 0.3) is 0 Å². The molecule has 18 heavy (non-hydrogen) atoms. The van der Waals surface area contributed by atoms with E-state index in [0.29, 0.717) is 0 Å². The number of hydrogen-bond acceptors (Lipinski definition) is 4. The molecule has 2 atom stereocenters. The molecule has 0 amide bonds. The van der Waals surface area contributed by atoms with E-state index in [0.717, 1.165) is 11.4 Å². The highest BCUT2D eigenvalue weighted by molar-refractivity contribution is 5.51. The molecule has 0 saturated carbocycles. The van der Waals surface area contributed by atoms with Crippen LogP contribution in [0.5, 0.6) is 0 Å². The van der Waals surface area contributed by atoms with E-state index in [1.165, 1.54) is 0 Å². The molecule has 0 aliphatic carbocycles. The molecule has 0 saturated heterocycles. The van der Waals surface area contributed by atoms with E-state index in [2.05, 4.69) is 28.5 Å². The first-order chi connectivity index (χ1) is 8.70. The molecule has 96 valence electrons. The SMILES string of the molecule is COC(C)C(C)Nc1cccc(-n2cnnc2)c1. The summed E-state index contributed by atoms with van der Waals surface area (Å²) < 4.78 is 7.17. The van der Waals surface area contributed by atoms with E-state index < -0.39 is 0 Å². The van der Waals surface area contributed by atoms with Gasteiger partial charge in [-0.3, -0.25) is 4.57 Å². The Balaban J connectivity index is 2.13. The highest BCUT2D eigenvalue weighted by Gasteiger charge is 2.10. The fraction of sp³-hybridized carbons (Fsp3) is 0.385. The Morgan fingerprint density at radius 2 is 1.94 bits per heavy atom. The van der Waals surface area contributed by atoms with Crippen LogP contribution in [0.4, 0.5) is 5.69 Å². The largest absolute Gasteiger partial charge is 0.380 e. The Labute approximate surface area is 107 Å². The van der Waals surface area contributed by atoms with Crippen LogP contribution in [-0.2, 0) is 4.74 Å². The van der Waals surface area contributed by atoms with Crippen molar-refractivity contribution in [1.82, 2.24) is 14.8 Å². The summed E-state index contributed by atoms with van der Waals surface area (Å²) in [5.74, 6) is 0. The molecule has 5 heteroatoms. The van der Waals surface area contributed by atoms with Crippen LogP contribution in [0, 0.1) is 0 Å². The third-order valence-corrected chi connectivity index (χ3v) is 3.03. The van der Waals surface area contributed by atoms with Crippen molar-refractivity contribution >= 4 is 5.69 Å². The number of benzene rings is 1. The molecule has 1 heterocycles. The minimum atomic E-state index is 0.156. The summed E-state index contributed by atoms with van der Waals surface area (Å²) >= 11 is 0. The molecule has 0 spiro atoms. The zero-order valence-corrected chi connectivity index (χ0v) is 10.9. The van der Waals surface area contributed by atoms with Gasteiger partial charge < -0.3 is 10.1 Å². The van der Waals surface area contributed by atoms with Crippen molar-refractivity contribution < 1.29 is 4.74 Å². The molecule has 5 nitrogen and oxygen atoms in total. The first kappa shape index (κ1) is 12.6. The minimum Gasteiger partial charge on any atom is -0.380 e. The summed E-state index contributed by atoms with van der Waals surface area (Å²) in [7, 11) is 1.72. The Bertz CT molecular complexity index is 483. The fourth-order valence-electron chi connectivity index (χ4n) is 1.67. The molecule has 2 aromatic rings. The van der Waals surface area contributed by atoms with Gasteiger partial charge in [0.15, 0.2) is 0 Å². The van der Waals surface area contributed by atoms with Gasteiger partial charge in [-0.15, -0.1) is 10.2 Å². The lowest BCUT2D eigenvalue weighted by Gasteiger charge is -2.21. The van der Waals surface area contributed by atoms with Gasteiger partial charge >= 0.3 is 0 Å². The molecule has 0 aliphatic rings. The van der Waals surface area contributed by atoms with Crippen LogP contribution in [0.25, 0.3) is 5.69 Å². The number of rotatable bonds is 5. The Morgan fingerprint density at radius 1 is 1.22 bits per heavy atom. The summed E-state index contributed by atoms with van der Waals surface area (Å²) in [6.45, 7) is 4.14. The Morgan fingerprint density at radius 3 is 2.61 bits per heavy atom. The summed E-state index contributed by atoms with van der Waals surface area (Å²) in [6, 6.07) is 8.35. The van der Waals surface area contributed by atoms with Crippen molar-refractivity contribution in [3.8, 4) is 5.69 Å². The first-order valence-electron chi connectivity index (χ1n) is 5.95. The van der Waals surface area contributed by atoms with Gasteiger partial charge in [0, 0.05) is 18.8 Å². The van der Waals surface area contributed by atoms with E-state index in [4.69, 9.17) is 4.74 Å². The van der Waals surface area contributed by atoms with E-state index in [1.807, 2.05) is 29.7 Å². The zero-order valence-electron chi connectivity index (χ0n) is 10.9. The van der Waals surface area contributed by atoms with E-state index in [1.54, 1.807) is 19.8 Å². The summed E-state index contributed by atoms with van der Waals surface area (Å²) in [5, 5.41) is 11.0. The maximum Gasteiger partial charge on any atom is 0.123 e. The lowest BCUT2D eigenvalue weighted by atomic mass is 10.2. The fourth-order valence-corrected chi connectivity index (χ4v) is 1.67. The quantitative estimate of drug-likeness (QED) is 0.877. The number of methoxy groups -OCH3 is 1. The summed E-state index contributed by atoms with van der Waals surface area (Å²) in [6.07, 6.45) is 3.52. The number of nitrogens with one attached hydrogen (secondary N) is 1. The van der Waals surface area contributed by atoms with Crippen LogP contribution in [0.3, 0.4) is 0 Å². The second-order valence-electron chi connectivity index (χ2n) is 4.29. The maximum atomic E-state index is 5.30. The van der Waals surface area contributed by atoms with Crippen LogP contribution in [0.2, 0.25) is 0 Å². The topological polar surface area (TPSA) is 52.0 Å². The van der Waals surface area contributed by atoms with E-state index in [-0.39, 0.29) is 12.1 Å². The number of nitrogens with zero attached hydrogens (tertiary/aromatic N) is 3. The minimum absolute atomic E-state index is 0.156. The van der Waals surface area contributed by atoms with Crippen molar-refractivity contribution in [3.63, 3.8) is 0 Å². The smallest absolute Gasteiger partial charge is 0.123 e. The van der Waals surface area contributed by atoms with Crippen molar-refractivity contribution in [1.29, 1.82) is 0 Å². The third kappa shape index (κ3) is 2.87. The second kappa shape index (κ2) is 5.64. The van der Waals surface area contributed by atoms with Crippen LogP contribution in [0.1, 0.15) is 13.8 Å². The average Bonchev–Trinajstić information content (AvgIpc) is 2.92. The lowest BCUT2D eigenvalue weighted by molar-refractivity contribution is 0.106. The molecule has 0 fully saturated rings. The molecule has 1 aromatic heterocycles. The number of hydrogen-bond donors (Lipinski definition) is 1. The van der Waals surface area contributed by atoms with Crippen molar-refractivity contribution in [2.24, 2.45) is 0 Å². The normalized spacial score (nSPS) is 14.2. The number of aromatic nitrogens is 3. The lowest BCUT2D eigenvalue weighted by Crippen LogP contribution is -2.29. The van der Waals surface area contributed by atoms with Crippen LogP contribution < -0.4 is 5.32 Å². The summed E-state index contributed by atoms with van der Waals surface area (Å²) in [4.78, 5) is 0. The average molecular weight is 246 g/mol. The second-order valence-corrected chi connectivity index (χ2v) is 4.29. The van der Waals surface area contributed by atoms with Gasteiger partial charge in [-0.05, 0) is 32.0 Å². The number of anilines is 1. The standard InChI is InChI=1S/C13H18N4O/c1-10(11(2)18-3)16-12-5-4-6-13(7-12)17-8-14-15-9-17/h4-11,16H,1-3H3. The van der Waals surface area contributed by atoms with Gasteiger partial charge in [0.05, 0.1) is 11.8 Å². The van der Waals surface area contributed by atoms with Gasteiger partial charge in [-0.2, -0.15) is 0 Å². The molecule has 1 aromatic carbocycles. The van der Waals surface area contributed by atoms with Gasteiger partial charge in [0.1, 0.15) is 12.7 Å².